The maximum atomic E-state index is 11.8. The van der Waals surface area contributed by atoms with Crippen molar-refractivity contribution in [2.45, 2.75) is 38.2 Å². The van der Waals surface area contributed by atoms with Crippen molar-refractivity contribution in [2.75, 3.05) is 26.2 Å². The SMILES string of the molecule is CC1(OC(=O)N2CCNCC2)CCCC1. The summed E-state index contributed by atoms with van der Waals surface area (Å²) in [5, 5.41) is 3.22. The van der Waals surface area contributed by atoms with Crippen molar-refractivity contribution in [3.8, 4) is 0 Å². The van der Waals surface area contributed by atoms with Gasteiger partial charge in [-0.25, -0.2) is 4.79 Å². The number of piperazine rings is 1. The normalized spacial score (nSPS) is 25.3. The van der Waals surface area contributed by atoms with Gasteiger partial charge < -0.3 is 15.0 Å². The molecular weight excluding hydrogens is 192 g/mol. The molecule has 1 saturated heterocycles. The van der Waals surface area contributed by atoms with E-state index in [4.69, 9.17) is 4.74 Å². The lowest BCUT2D eigenvalue weighted by Crippen LogP contribution is -2.48. The maximum absolute atomic E-state index is 11.8. The summed E-state index contributed by atoms with van der Waals surface area (Å²) in [5.74, 6) is 0. The standard InChI is InChI=1S/C11H20N2O2/c1-11(4-2-3-5-11)15-10(14)13-8-6-12-7-9-13/h12H,2-9H2,1H3. The Morgan fingerprint density at radius 2 is 1.87 bits per heavy atom. The maximum Gasteiger partial charge on any atom is 0.410 e. The average Bonchev–Trinajstić information content (AvgIpc) is 2.66. The second-order valence-corrected chi connectivity index (χ2v) is 4.76. The number of carbonyl (C=O) groups excluding carboxylic acids is 1. The largest absolute Gasteiger partial charge is 0.443 e. The molecule has 0 aromatic rings. The third-order valence-corrected chi connectivity index (χ3v) is 3.37. The molecule has 1 aliphatic carbocycles. The minimum Gasteiger partial charge on any atom is -0.443 e. The van der Waals surface area contributed by atoms with Gasteiger partial charge in [0.25, 0.3) is 0 Å². The molecular formula is C11H20N2O2. The fourth-order valence-electron chi connectivity index (χ4n) is 2.35. The van der Waals surface area contributed by atoms with Gasteiger partial charge in [0.05, 0.1) is 0 Å². The zero-order valence-electron chi connectivity index (χ0n) is 9.42. The summed E-state index contributed by atoms with van der Waals surface area (Å²) in [5.41, 5.74) is -0.193. The first-order chi connectivity index (χ1) is 7.20. The van der Waals surface area contributed by atoms with Gasteiger partial charge in [-0.2, -0.15) is 0 Å². The van der Waals surface area contributed by atoms with Crippen molar-refractivity contribution in [3.63, 3.8) is 0 Å². The highest BCUT2D eigenvalue weighted by Crippen LogP contribution is 2.33. The first kappa shape index (κ1) is 10.7. The van der Waals surface area contributed by atoms with E-state index < -0.39 is 0 Å². The van der Waals surface area contributed by atoms with Gasteiger partial charge in [-0.1, -0.05) is 0 Å². The summed E-state index contributed by atoms with van der Waals surface area (Å²) in [4.78, 5) is 13.6. The van der Waals surface area contributed by atoms with Crippen LogP contribution in [0, 0.1) is 0 Å². The fourth-order valence-corrected chi connectivity index (χ4v) is 2.35. The quantitative estimate of drug-likeness (QED) is 0.713. The number of hydrogen-bond acceptors (Lipinski definition) is 3. The molecule has 0 aromatic carbocycles. The number of nitrogens with zero attached hydrogens (tertiary/aromatic N) is 1. The molecule has 1 N–H and O–H groups in total. The zero-order valence-corrected chi connectivity index (χ0v) is 9.42. The molecule has 15 heavy (non-hydrogen) atoms. The lowest BCUT2D eigenvalue weighted by Gasteiger charge is -2.31. The van der Waals surface area contributed by atoms with E-state index in [2.05, 4.69) is 12.2 Å². The predicted octanol–water partition coefficient (Wildman–Crippen LogP) is 1.36. The molecule has 2 aliphatic rings. The molecule has 1 saturated carbocycles. The smallest absolute Gasteiger partial charge is 0.410 e. The number of amides is 1. The van der Waals surface area contributed by atoms with Crippen molar-refractivity contribution < 1.29 is 9.53 Å². The van der Waals surface area contributed by atoms with E-state index in [-0.39, 0.29) is 11.7 Å². The van der Waals surface area contributed by atoms with Crippen molar-refractivity contribution in [3.05, 3.63) is 0 Å². The van der Waals surface area contributed by atoms with Crippen LogP contribution in [0.25, 0.3) is 0 Å². The summed E-state index contributed by atoms with van der Waals surface area (Å²) in [6.45, 7) is 5.36. The predicted molar refractivity (Wildman–Crippen MR) is 57.8 cm³/mol. The second kappa shape index (κ2) is 4.39. The first-order valence-electron chi connectivity index (χ1n) is 5.88. The van der Waals surface area contributed by atoms with Crippen LogP contribution in [0.4, 0.5) is 4.79 Å². The molecule has 2 fully saturated rings. The third-order valence-electron chi connectivity index (χ3n) is 3.37. The van der Waals surface area contributed by atoms with Gasteiger partial charge in [-0.05, 0) is 32.6 Å². The van der Waals surface area contributed by atoms with Crippen LogP contribution in [0.15, 0.2) is 0 Å². The molecule has 0 aromatic heterocycles. The van der Waals surface area contributed by atoms with Gasteiger partial charge >= 0.3 is 6.09 Å². The monoisotopic (exact) mass is 212 g/mol. The summed E-state index contributed by atoms with van der Waals surface area (Å²) in [7, 11) is 0. The van der Waals surface area contributed by atoms with Crippen LogP contribution in [-0.4, -0.2) is 42.8 Å². The molecule has 4 nitrogen and oxygen atoms in total. The Labute approximate surface area is 91.0 Å². The lowest BCUT2D eigenvalue weighted by atomic mass is 10.1. The van der Waals surface area contributed by atoms with Gasteiger partial charge in [-0.3, -0.25) is 0 Å². The van der Waals surface area contributed by atoms with Gasteiger partial charge in [0.15, 0.2) is 0 Å². The Bertz CT molecular complexity index is 231. The Morgan fingerprint density at radius 3 is 2.47 bits per heavy atom. The summed E-state index contributed by atoms with van der Waals surface area (Å²) in [6.07, 6.45) is 4.28. The lowest BCUT2D eigenvalue weighted by molar-refractivity contribution is 0.00465. The van der Waals surface area contributed by atoms with E-state index >= 15 is 0 Å². The highest BCUT2D eigenvalue weighted by molar-refractivity contribution is 5.68. The van der Waals surface area contributed by atoms with Crippen molar-refractivity contribution >= 4 is 6.09 Å². The summed E-state index contributed by atoms with van der Waals surface area (Å²) in [6, 6.07) is 0. The third kappa shape index (κ3) is 2.62. The Balaban J connectivity index is 1.85. The number of hydrogen-bond donors (Lipinski definition) is 1. The highest BCUT2D eigenvalue weighted by atomic mass is 16.6. The minimum atomic E-state index is -0.193. The highest BCUT2D eigenvalue weighted by Gasteiger charge is 2.34. The molecule has 0 radical (unpaired) electrons. The summed E-state index contributed by atoms with van der Waals surface area (Å²) < 4.78 is 5.60. The molecule has 2 rings (SSSR count). The van der Waals surface area contributed by atoms with Crippen LogP contribution in [0.1, 0.15) is 32.6 Å². The van der Waals surface area contributed by atoms with Gasteiger partial charge in [0, 0.05) is 26.2 Å². The second-order valence-electron chi connectivity index (χ2n) is 4.76. The van der Waals surface area contributed by atoms with Crippen LogP contribution in [0.2, 0.25) is 0 Å². The van der Waals surface area contributed by atoms with Crippen LogP contribution in [0.3, 0.4) is 0 Å². The average molecular weight is 212 g/mol. The van der Waals surface area contributed by atoms with Crippen LogP contribution >= 0.6 is 0 Å². The van der Waals surface area contributed by atoms with E-state index in [1.54, 1.807) is 4.90 Å². The van der Waals surface area contributed by atoms with Crippen molar-refractivity contribution in [1.82, 2.24) is 10.2 Å². The Hall–Kier alpha value is -0.770. The fraction of sp³-hybridized carbons (Fsp3) is 0.909. The van der Waals surface area contributed by atoms with Gasteiger partial charge in [0.1, 0.15) is 5.60 Å². The molecule has 4 heteroatoms. The van der Waals surface area contributed by atoms with Crippen LogP contribution in [0.5, 0.6) is 0 Å². The molecule has 86 valence electrons. The molecule has 1 amide bonds. The van der Waals surface area contributed by atoms with Crippen molar-refractivity contribution in [2.24, 2.45) is 0 Å². The number of ether oxygens (including phenoxy) is 1. The Morgan fingerprint density at radius 1 is 1.27 bits per heavy atom. The molecule has 0 unspecified atom stereocenters. The number of carbonyl (C=O) groups is 1. The molecule has 0 bridgehead atoms. The molecule has 1 aliphatic heterocycles. The van der Waals surface area contributed by atoms with E-state index in [1.165, 1.54) is 12.8 Å². The van der Waals surface area contributed by atoms with Crippen LogP contribution < -0.4 is 5.32 Å². The van der Waals surface area contributed by atoms with Crippen LogP contribution in [-0.2, 0) is 4.74 Å². The van der Waals surface area contributed by atoms with Gasteiger partial charge in [0.2, 0.25) is 0 Å². The first-order valence-corrected chi connectivity index (χ1v) is 5.88. The van der Waals surface area contributed by atoms with Gasteiger partial charge in [-0.15, -0.1) is 0 Å². The van der Waals surface area contributed by atoms with E-state index in [9.17, 15) is 4.79 Å². The topological polar surface area (TPSA) is 41.6 Å². The Kier molecular flexibility index (Phi) is 3.14. The number of nitrogens with one attached hydrogen (secondary N) is 1. The zero-order chi connectivity index (χ0) is 10.7. The molecule has 0 atom stereocenters. The van der Waals surface area contributed by atoms with E-state index in [0.29, 0.717) is 0 Å². The van der Waals surface area contributed by atoms with Crippen molar-refractivity contribution in [1.29, 1.82) is 0 Å². The summed E-state index contributed by atoms with van der Waals surface area (Å²) >= 11 is 0. The van der Waals surface area contributed by atoms with E-state index in [1.807, 2.05) is 0 Å². The minimum absolute atomic E-state index is 0.124. The number of rotatable bonds is 1. The molecule has 1 heterocycles. The van der Waals surface area contributed by atoms with E-state index in [0.717, 1.165) is 39.0 Å². The molecule has 0 spiro atoms.